The second-order valence-corrected chi connectivity index (χ2v) is 8.00. The number of aryl methyl sites for hydroxylation is 1. The summed E-state index contributed by atoms with van der Waals surface area (Å²) in [6.45, 7) is 2.82. The molecule has 1 amide bonds. The Labute approximate surface area is 140 Å². The maximum atomic E-state index is 12.3. The molecule has 0 spiro atoms. The highest BCUT2D eigenvalue weighted by Crippen LogP contribution is 2.26. The summed E-state index contributed by atoms with van der Waals surface area (Å²) in [6.07, 6.45) is 0.728. The number of benzene rings is 1. The van der Waals surface area contributed by atoms with Crippen LogP contribution in [0.15, 0.2) is 39.8 Å². The lowest BCUT2D eigenvalue weighted by Crippen LogP contribution is -2.30. The predicted octanol–water partition coefficient (Wildman–Crippen LogP) is 1.56. The summed E-state index contributed by atoms with van der Waals surface area (Å²) in [5.74, 6) is 0.800. The number of likely N-dealkylation sites (tertiary alicyclic amines) is 1. The van der Waals surface area contributed by atoms with Gasteiger partial charge in [0.05, 0.1) is 16.6 Å². The van der Waals surface area contributed by atoms with Gasteiger partial charge in [-0.3, -0.25) is 4.79 Å². The van der Waals surface area contributed by atoms with Crippen molar-refractivity contribution in [3.8, 4) is 0 Å². The molecule has 8 heteroatoms. The third-order valence-electron chi connectivity index (χ3n) is 4.12. The van der Waals surface area contributed by atoms with E-state index in [1.165, 1.54) is 0 Å². The van der Waals surface area contributed by atoms with Gasteiger partial charge in [0.2, 0.25) is 11.8 Å². The Kier molecular flexibility index (Phi) is 4.66. The number of rotatable bonds is 5. The van der Waals surface area contributed by atoms with E-state index in [0.717, 1.165) is 6.42 Å². The molecule has 2 aromatic rings. The van der Waals surface area contributed by atoms with Crippen molar-refractivity contribution < 1.29 is 17.7 Å². The molecule has 1 fully saturated rings. The van der Waals surface area contributed by atoms with Crippen LogP contribution in [0.5, 0.6) is 0 Å². The summed E-state index contributed by atoms with van der Waals surface area (Å²) < 4.78 is 29.6. The van der Waals surface area contributed by atoms with Gasteiger partial charge in [-0.25, -0.2) is 8.42 Å². The van der Waals surface area contributed by atoms with Crippen molar-refractivity contribution >= 4 is 15.7 Å². The number of nitrogens with zero attached hydrogens (tertiary/aromatic N) is 3. The van der Waals surface area contributed by atoms with Crippen LogP contribution in [0.4, 0.5) is 0 Å². The van der Waals surface area contributed by atoms with Crippen molar-refractivity contribution in [2.24, 2.45) is 0 Å². The van der Waals surface area contributed by atoms with Crippen molar-refractivity contribution in [2.75, 3.05) is 18.8 Å². The van der Waals surface area contributed by atoms with Crippen molar-refractivity contribution in [1.82, 2.24) is 15.0 Å². The van der Waals surface area contributed by atoms with Gasteiger partial charge in [0.25, 0.3) is 0 Å². The zero-order valence-electron chi connectivity index (χ0n) is 13.4. The van der Waals surface area contributed by atoms with Crippen LogP contribution in [-0.4, -0.2) is 48.2 Å². The fraction of sp³-hybridized carbons (Fsp3) is 0.438. The average molecular weight is 349 g/mol. The standard InChI is InChI=1S/C16H19N3O4S/c1-12-17-16(23-18-12)13-7-9-19(11-13)15(20)8-10-24(21,22)14-5-3-2-4-6-14/h2-6,13H,7-11H2,1H3/t13-/m1/s1. The van der Waals surface area contributed by atoms with Gasteiger partial charge in [-0.2, -0.15) is 4.98 Å². The molecule has 1 aromatic heterocycles. The zero-order valence-corrected chi connectivity index (χ0v) is 14.2. The number of sulfone groups is 1. The molecule has 1 aliphatic rings. The van der Waals surface area contributed by atoms with E-state index in [2.05, 4.69) is 10.1 Å². The van der Waals surface area contributed by atoms with Gasteiger partial charge in [0, 0.05) is 19.5 Å². The molecule has 0 aliphatic carbocycles. The minimum atomic E-state index is -3.44. The van der Waals surface area contributed by atoms with Crippen LogP contribution in [0.3, 0.4) is 0 Å². The molecule has 1 atom stereocenters. The Balaban J connectivity index is 1.56. The molecule has 0 bridgehead atoms. The minimum Gasteiger partial charge on any atom is -0.342 e. The molecule has 1 aromatic carbocycles. The largest absolute Gasteiger partial charge is 0.342 e. The van der Waals surface area contributed by atoms with Crippen molar-refractivity contribution in [3.63, 3.8) is 0 Å². The first-order valence-electron chi connectivity index (χ1n) is 7.81. The number of hydrogen-bond donors (Lipinski definition) is 0. The maximum Gasteiger partial charge on any atom is 0.231 e. The summed E-state index contributed by atoms with van der Waals surface area (Å²) in [7, 11) is -3.44. The fourth-order valence-electron chi connectivity index (χ4n) is 2.79. The highest BCUT2D eigenvalue weighted by atomic mass is 32.2. The highest BCUT2D eigenvalue weighted by Gasteiger charge is 2.31. The molecule has 0 radical (unpaired) electrons. The molecule has 128 valence electrons. The molecule has 24 heavy (non-hydrogen) atoms. The van der Waals surface area contributed by atoms with Crippen LogP contribution >= 0.6 is 0 Å². The van der Waals surface area contributed by atoms with Crippen molar-refractivity contribution in [3.05, 3.63) is 42.0 Å². The topological polar surface area (TPSA) is 93.4 Å². The summed E-state index contributed by atoms with van der Waals surface area (Å²) >= 11 is 0. The molecule has 1 saturated heterocycles. The number of amides is 1. The summed E-state index contributed by atoms with van der Waals surface area (Å²) in [6, 6.07) is 8.19. The van der Waals surface area contributed by atoms with E-state index in [4.69, 9.17) is 4.52 Å². The van der Waals surface area contributed by atoms with E-state index in [9.17, 15) is 13.2 Å². The Hall–Kier alpha value is -2.22. The third kappa shape index (κ3) is 3.64. The van der Waals surface area contributed by atoms with E-state index < -0.39 is 9.84 Å². The molecule has 7 nitrogen and oxygen atoms in total. The summed E-state index contributed by atoms with van der Waals surface area (Å²) in [5, 5.41) is 3.76. The van der Waals surface area contributed by atoms with Gasteiger partial charge in [-0.15, -0.1) is 0 Å². The van der Waals surface area contributed by atoms with E-state index in [0.29, 0.717) is 24.8 Å². The molecule has 2 heterocycles. The Bertz CT molecular complexity index is 817. The zero-order chi connectivity index (χ0) is 17.2. The molecule has 0 N–H and O–H groups in total. The number of hydrogen-bond acceptors (Lipinski definition) is 6. The summed E-state index contributed by atoms with van der Waals surface area (Å²) in [4.78, 5) is 18.4. The Morgan fingerprint density at radius 1 is 1.33 bits per heavy atom. The van der Waals surface area contributed by atoms with Crippen molar-refractivity contribution in [2.45, 2.75) is 30.6 Å². The van der Waals surface area contributed by atoms with Crippen LogP contribution < -0.4 is 0 Å². The molecule has 0 saturated carbocycles. The van der Waals surface area contributed by atoms with Crippen LogP contribution in [-0.2, 0) is 14.6 Å². The third-order valence-corrected chi connectivity index (χ3v) is 5.85. The number of aromatic nitrogens is 2. The first kappa shape index (κ1) is 16.6. The molecular formula is C16H19N3O4S. The van der Waals surface area contributed by atoms with Crippen LogP contribution in [0.25, 0.3) is 0 Å². The fourth-order valence-corrected chi connectivity index (χ4v) is 4.04. The van der Waals surface area contributed by atoms with Gasteiger partial charge < -0.3 is 9.42 Å². The average Bonchev–Trinajstić information content (AvgIpc) is 3.22. The van der Waals surface area contributed by atoms with Crippen LogP contribution in [0, 0.1) is 6.92 Å². The van der Waals surface area contributed by atoms with Gasteiger partial charge in [-0.1, -0.05) is 23.4 Å². The SMILES string of the molecule is Cc1noc([C@@H]2CCN(C(=O)CCS(=O)(=O)c3ccccc3)C2)n1. The number of carbonyl (C=O) groups excluding carboxylic acids is 1. The first-order chi connectivity index (χ1) is 11.5. The van der Waals surface area contributed by atoms with Gasteiger partial charge in [-0.05, 0) is 25.5 Å². The van der Waals surface area contributed by atoms with E-state index in [1.807, 2.05) is 0 Å². The second-order valence-electron chi connectivity index (χ2n) is 5.89. The van der Waals surface area contributed by atoms with Gasteiger partial charge >= 0.3 is 0 Å². The number of carbonyl (C=O) groups is 1. The quantitative estimate of drug-likeness (QED) is 0.813. The van der Waals surface area contributed by atoms with Crippen molar-refractivity contribution in [1.29, 1.82) is 0 Å². The Morgan fingerprint density at radius 2 is 2.08 bits per heavy atom. The molecule has 3 rings (SSSR count). The van der Waals surface area contributed by atoms with E-state index in [-0.39, 0.29) is 28.9 Å². The lowest BCUT2D eigenvalue weighted by Gasteiger charge is -2.15. The second kappa shape index (κ2) is 6.72. The lowest BCUT2D eigenvalue weighted by molar-refractivity contribution is -0.129. The minimum absolute atomic E-state index is 0.0210. The molecule has 0 unspecified atom stereocenters. The lowest BCUT2D eigenvalue weighted by atomic mass is 10.1. The predicted molar refractivity (Wildman–Crippen MR) is 86.1 cm³/mol. The normalized spacial score (nSPS) is 18.0. The highest BCUT2D eigenvalue weighted by molar-refractivity contribution is 7.91. The molecule has 1 aliphatic heterocycles. The van der Waals surface area contributed by atoms with E-state index in [1.54, 1.807) is 42.2 Å². The summed E-state index contributed by atoms with van der Waals surface area (Å²) in [5.41, 5.74) is 0. The first-order valence-corrected chi connectivity index (χ1v) is 9.47. The monoisotopic (exact) mass is 349 g/mol. The van der Waals surface area contributed by atoms with Gasteiger partial charge in [0.1, 0.15) is 0 Å². The van der Waals surface area contributed by atoms with Gasteiger partial charge in [0.15, 0.2) is 15.7 Å². The van der Waals surface area contributed by atoms with Crippen LogP contribution in [0.2, 0.25) is 0 Å². The molecular weight excluding hydrogens is 330 g/mol. The van der Waals surface area contributed by atoms with Crippen LogP contribution in [0.1, 0.15) is 30.5 Å². The van der Waals surface area contributed by atoms with E-state index >= 15 is 0 Å². The Morgan fingerprint density at radius 3 is 2.75 bits per heavy atom. The maximum absolute atomic E-state index is 12.3. The smallest absolute Gasteiger partial charge is 0.231 e.